The predicted octanol–water partition coefficient (Wildman–Crippen LogP) is 3.31. The number of hydrogen-bond donors (Lipinski definition) is 1. The van der Waals surface area contributed by atoms with Crippen molar-refractivity contribution in [2.24, 2.45) is 0 Å². The molecule has 0 radical (unpaired) electrons. The average Bonchev–Trinajstić information content (AvgIpc) is 2.59. The van der Waals surface area contributed by atoms with Gasteiger partial charge in [-0.25, -0.2) is 4.98 Å². The third-order valence-electron chi connectivity index (χ3n) is 3.40. The Labute approximate surface area is 148 Å². The molecule has 9 heteroatoms. The Morgan fingerprint density at radius 1 is 1.12 bits per heavy atom. The van der Waals surface area contributed by atoms with Gasteiger partial charge in [-0.05, 0) is 43.5 Å². The number of aromatic nitrogens is 3. The van der Waals surface area contributed by atoms with Crippen LogP contribution in [0.25, 0.3) is 0 Å². The SMILES string of the molecule is N#CCCCCc1ccc(NC(=O)Cc2cccc(C(F)(F)F)n2)nn1. The van der Waals surface area contributed by atoms with E-state index in [0.29, 0.717) is 12.8 Å². The molecular formula is C17H16F3N5O. The molecule has 26 heavy (non-hydrogen) atoms. The smallest absolute Gasteiger partial charge is 0.309 e. The molecule has 0 fully saturated rings. The summed E-state index contributed by atoms with van der Waals surface area (Å²) >= 11 is 0. The summed E-state index contributed by atoms with van der Waals surface area (Å²) in [4.78, 5) is 15.4. The molecule has 0 atom stereocenters. The van der Waals surface area contributed by atoms with Crippen LogP contribution in [-0.2, 0) is 23.8 Å². The quantitative estimate of drug-likeness (QED) is 0.762. The highest BCUT2D eigenvalue weighted by atomic mass is 19.4. The van der Waals surface area contributed by atoms with Gasteiger partial charge in [0.2, 0.25) is 5.91 Å². The van der Waals surface area contributed by atoms with E-state index >= 15 is 0 Å². The first-order chi connectivity index (χ1) is 12.4. The summed E-state index contributed by atoms with van der Waals surface area (Å²) in [5.41, 5.74) is -0.289. The van der Waals surface area contributed by atoms with Crippen LogP contribution in [0.1, 0.15) is 36.3 Å². The monoisotopic (exact) mass is 363 g/mol. The van der Waals surface area contributed by atoms with Crippen LogP contribution in [0.2, 0.25) is 0 Å². The summed E-state index contributed by atoms with van der Waals surface area (Å²) in [5, 5.41) is 18.8. The zero-order chi connectivity index (χ0) is 19.0. The lowest BCUT2D eigenvalue weighted by atomic mass is 10.1. The normalized spacial score (nSPS) is 11.0. The van der Waals surface area contributed by atoms with Crippen LogP contribution in [0.4, 0.5) is 19.0 Å². The van der Waals surface area contributed by atoms with Gasteiger partial charge in [0.25, 0.3) is 0 Å². The number of nitriles is 1. The van der Waals surface area contributed by atoms with Crippen LogP contribution in [-0.4, -0.2) is 21.1 Å². The van der Waals surface area contributed by atoms with Crippen LogP contribution in [0, 0.1) is 11.3 Å². The second-order valence-electron chi connectivity index (χ2n) is 5.51. The van der Waals surface area contributed by atoms with Crippen molar-refractivity contribution < 1.29 is 18.0 Å². The first kappa shape index (κ1) is 19.3. The van der Waals surface area contributed by atoms with Crippen molar-refractivity contribution in [3.05, 3.63) is 47.4 Å². The van der Waals surface area contributed by atoms with Gasteiger partial charge in [0, 0.05) is 6.42 Å². The van der Waals surface area contributed by atoms with E-state index in [0.717, 1.165) is 24.6 Å². The number of carbonyl (C=O) groups excluding carboxylic acids is 1. The molecule has 0 unspecified atom stereocenters. The minimum atomic E-state index is -4.55. The lowest BCUT2D eigenvalue weighted by Gasteiger charge is -2.08. The number of anilines is 1. The topological polar surface area (TPSA) is 91.6 Å². The summed E-state index contributed by atoms with van der Waals surface area (Å²) in [5.74, 6) is -0.323. The molecule has 0 aromatic carbocycles. The molecule has 2 heterocycles. The standard InChI is InChI=1S/C17H16F3N5O/c18-17(19,20)14-7-4-6-13(22-14)11-16(26)23-15-9-8-12(24-25-15)5-2-1-3-10-21/h4,6-9H,1-3,5,11H2,(H,23,25,26). The van der Waals surface area contributed by atoms with E-state index in [1.54, 1.807) is 12.1 Å². The number of nitrogens with zero attached hydrogens (tertiary/aromatic N) is 4. The summed E-state index contributed by atoms with van der Waals surface area (Å²) in [6, 6.07) is 8.75. The number of nitrogens with one attached hydrogen (secondary N) is 1. The molecule has 0 aliphatic carbocycles. The van der Waals surface area contributed by atoms with Crippen LogP contribution in [0.15, 0.2) is 30.3 Å². The number of aryl methyl sites for hydroxylation is 1. The predicted molar refractivity (Wildman–Crippen MR) is 86.8 cm³/mol. The van der Waals surface area contributed by atoms with Crippen LogP contribution >= 0.6 is 0 Å². The van der Waals surface area contributed by atoms with Crippen molar-refractivity contribution in [3.63, 3.8) is 0 Å². The molecule has 6 nitrogen and oxygen atoms in total. The Morgan fingerprint density at radius 3 is 2.58 bits per heavy atom. The highest BCUT2D eigenvalue weighted by Gasteiger charge is 2.32. The van der Waals surface area contributed by atoms with Gasteiger partial charge in [-0.1, -0.05) is 6.07 Å². The first-order valence-electron chi connectivity index (χ1n) is 7.91. The highest BCUT2D eigenvalue weighted by Crippen LogP contribution is 2.27. The molecule has 0 bridgehead atoms. The maximum atomic E-state index is 12.6. The van der Waals surface area contributed by atoms with Crippen LogP contribution < -0.4 is 5.32 Å². The molecule has 0 saturated heterocycles. The Kier molecular flexibility index (Phi) is 6.60. The molecule has 0 aliphatic heterocycles. The maximum absolute atomic E-state index is 12.6. The average molecular weight is 363 g/mol. The number of rotatable bonds is 7. The second-order valence-corrected chi connectivity index (χ2v) is 5.51. The fourth-order valence-corrected chi connectivity index (χ4v) is 2.16. The number of hydrogen-bond acceptors (Lipinski definition) is 5. The van der Waals surface area contributed by atoms with Crippen molar-refractivity contribution in [2.45, 2.75) is 38.3 Å². The number of halogens is 3. The van der Waals surface area contributed by atoms with Gasteiger partial charge in [0.1, 0.15) is 5.69 Å². The minimum absolute atomic E-state index is 0.0133. The molecule has 2 aromatic rings. The number of amides is 1. The van der Waals surface area contributed by atoms with Crippen LogP contribution in [0.5, 0.6) is 0 Å². The number of carbonyl (C=O) groups is 1. The number of unbranched alkanes of at least 4 members (excludes halogenated alkanes) is 2. The van der Waals surface area contributed by atoms with E-state index < -0.39 is 17.8 Å². The fourth-order valence-electron chi connectivity index (χ4n) is 2.16. The molecule has 136 valence electrons. The summed E-state index contributed by atoms with van der Waals surface area (Å²) < 4.78 is 37.9. The van der Waals surface area contributed by atoms with Gasteiger partial charge in [-0.15, -0.1) is 5.10 Å². The Bertz CT molecular complexity index is 784. The molecular weight excluding hydrogens is 347 g/mol. The second kappa shape index (κ2) is 8.89. The maximum Gasteiger partial charge on any atom is 0.433 e. The minimum Gasteiger partial charge on any atom is -0.309 e. The number of pyridine rings is 1. The largest absolute Gasteiger partial charge is 0.433 e. The van der Waals surface area contributed by atoms with Gasteiger partial charge in [0.05, 0.1) is 23.9 Å². The molecule has 2 rings (SSSR count). The van der Waals surface area contributed by atoms with Gasteiger partial charge >= 0.3 is 6.18 Å². The highest BCUT2D eigenvalue weighted by molar-refractivity contribution is 5.91. The fraction of sp³-hybridized carbons (Fsp3) is 0.353. The summed E-state index contributed by atoms with van der Waals surface area (Å²) in [6.07, 6.45) is -2.10. The summed E-state index contributed by atoms with van der Waals surface area (Å²) in [7, 11) is 0. The third-order valence-corrected chi connectivity index (χ3v) is 3.40. The van der Waals surface area contributed by atoms with Gasteiger partial charge in [-0.3, -0.25) is 4.79 Å². The molecule has 0 aliphatic rings. The Morgan fingerprint density at radius 2 is 1.92 bits per heavy atom. The van der Waals surface area contributed by atoms with E-state index in [1.165, 1.54) is 12.1 Å². The zero-order valence-corrected chi connectivity index (χ0v) is 13.8. The number of alkyl halides is 3. The molecule has 1 amide bonds. The van der Waals surface area contributed by atoms with Crippen molar-refractivity contribution >= 4 is 11.7 Å². The van der Waals surface area contributed by atoms with Crippen LogP contribution in [0.3, 0.4) is 0 Å². The van der Waals surface area contributed by atoms with Gasteiger partial charge in [-0.2, -0.15) is 23.5 Å². The Hall–Kier alpha value is -3.02. The molecule has 0 spiro atoms. The van der Waals surface area contributed by atoms with Crippen molar-refractivity contribution in [3.8, 4) is 6.07 Å². The van der Waals surface area contributed by atoms with Gasteiger partial charge in [0.15, 0.2) is 5.82 Å². The van der Waals surface area contributed by atoms with E-state index in [-0.39, 0.29) is 17.9 Å². The zero-order valence-electron chi connectivity index (χ0n) is 13.8. The van der Waals surface area contributed by atoms with E-state index in [1.807, 2.05) is 0 Å². The lowest BCUT2D eigenvalue weighted by molar-refractivity contribution is -0.141. The molecule has 0 saturated carbocycles. The van der Waals surface area contributed by atoms with E-state index in [9.17, 15) is 18.0 Å². The van der Waals surface area contributed by atoms with E-state index in [2.05, 4.69) is 26.6 Å². The van der Waals surface area contributed by atoms with Crippen molar-refractivity contribution in [2.75, 3.05) is 5.32 Å². The van der Waals surface area contributed by atoms with Crippen molar-refractivity contribution in [1.82, 2.24) is 15.2 Å². The molecule has 1 N–H and O–H groups in total. The molecule has 2 aromatic heterocycles. The Balaban J connectivity index is 1.89. The van der Waals surface area contributed by atoms with E-state index in [4.69, 9.17) is 5.26 Å². The lowest BCUT2D eigenvalue weighted by Crippen LogP contribution is -2.18. The first-order valence-corrected chi connectivity index (χ1v) is 7.91. The van der Waals surface area contributed by atoms with Gasteiger partial charge < -0.3 is 5.32 Å². The van der Waals surface area contributed by atoms with Crippen molar-refractivity contribution in [1.29, 1.82) is 5.26 Å². The third kappa shape index (κ3) is 6.12. The summed E-state index contributed by atoms with van der Waals surface area (Å²) in [6.45, 7) is 0.